The van der Waals surface area contributed by atoms with Crippen molar-refractivity contribution in [2.75, 3.05) is 20.1 Å². The number of para-hydroxylation sites is 1. The Kier molecular flexibility index (Phi) is 4.65. The number of benzene rings is 2. The molecule has 0 radical (unpaired) electrons. The zero-order chi connectivity index (χ0) is 17.9. The number of allylic oxidation sites excluding steroid dienone is 1. The van der Waals surface area contributed by atoms with E-state index in [9.17, 15) is 5.11 Å². The molecule has 134 valence electrons. The molecule has 0 aliphatic carbocycles. The van der Waals surface area contributed by atoms with Crippen LogP contribution in [0.25, 0.3) is 0 Å². The predicted molar refractivity (Wildman–Crippen MR) is 105 cm³/mol. The van der Waals surface area contributed by atoms with Gasteiger partial charge in [0, 0.05) is 31.9 Å². The van der Waals surface area contributed by atoms with E-state index in [4.69, 9.17) is 4.99 Å². The highest BCUT2D eigenvalue weighted by atomic mass is 16.3. The summed E-state index contributed by atoms with van der Waals surface area (Å²) < 4.78 is 0. The van der Waals surface area contributed by atoms with Crippen LogP contribution in [0.15, 0.2) is 71.5 Å². The standard InChI is InChI=1S/C22H25N3O/c1-24-14-7-11-19-20(24)16-25(15-13-17-8-3-2-4-9-17)22(23-19)18-10-5-6-12-21(18)26/h2-6,8-10,12,16,22,26H,7,11,13-15H2,1H3. The van der Waals surface area contributed by atoms with Gasteiger partial charge in [0.25, 0.3) is 0 Å². The number of phenols is 1. The molecule has 26 heavy (non-hydrogen) atoms. The van der Waals surface area contributed by atoms with Crippen LogP contribution in [0.1, 0.15) is 30.1 Å². The van der Waals surface area contributed by atoms with Crippen molar-refractivity contribution in [2.45, 2.75) is 25.4 Å². The molecule has 1 atom stereocenters. The molecule has 4 heteroatoms. The van der Waals surface area contributed by atoms with Crippen molar-refractivity contribution < 1.29 is 5.11 Å². The zero-order valence-electron chi connectivity index (χ0n) is 15.2. The summed E-state index contributed by atoms with van der Waals surface area (Å²) in [5.41, 5.74) is 4.56. The maximum Gasteiger partial charge on any atom is 0.150 e. The number of likely N-dealkylation sites (tertiary alicyclic amines) is 1. The van der Waals surface area contributed by atoms with Crippen LogP contribution in [-0.4, -0.2) is 40.8 Å². The summed E-state index contributed by atoms with van der Waals surface area (Å²) in [6.07, 6.45) is 5.16. The maximum absolute atomic E-state index is 10.4. The highest BCUT2D eigenvalue weighted by Crippen LogP contribution is 2.35. The quantitative estimate of drug-likeness (QED) is 0.910. The summed E-state index contributed by atoms with van der Waals surface area (Å²) in [5.74, 6) is 0.313. The lowest BCUT2D eigenvalue weighted by molar-refractivity contribution is 0.262. The molecule has 4 nitrogen and oxygen atoms in total. The number of phenolic OH excluding ortho intramolecular Hbond substituents is 1. The molecule has 1 saturated heterocycles. The number of hydrogen-bond acceptors (Lipinski definition) is 4. The van der Waals surface area contributed by atoms with Gasteiger partial charge in [-0.15, -0.1) is 0 Å². The lowest BCUT2D eigenvalue weighted by atomic mass is 10.0. The van der Waals surface area contributed by atoms with Gasteiger partial charge in [0.2, 0.25) is 0 Å². The number of piperidine rings is 1. The predicted octanol–water partition coefficient (Wildman–Crippen LogP) is 3.96. The third-order valence-corrected chi connectivity index (χ3v) is 5.21. The number of fused-ring (bicyclic) bond motifs is 1. The molecule has 0 saturated carbocycles. The van der Waals surface area contributed by atoms with Crippen LogP contribution < -0.4 is 0 Å². The van der Waals surface area contributed by atoms with Crippen molar-refractivity contribution in [1.29, 1.82) is 0 Å². The van der Waals surface area contributed by atoms with E-state index in [0.717, 1.165) is 43.6 Å². The summed E-state index contributed by atoms with van der Waals surface area (Å²) in [7, 11) is 2.14. The monoisotopic (exact) mass is 347 g/mol. The van der Waals surface area contributed by atoms with Crippen LogP contribution >= 0.6 is 0 Å². The lowest BCUT2D eigenvalue weighted by Crippen LogP contribution is -2.38. The highest BCUT2D eigenvalue weighted by Gasteiger charge is 2.29. The third kappa shape index (κ3) is 3.32. The fourth-order valence-corrected chi connectivity index (χ4v) is 3.75. The first kappa shape index (κ1) is 16.7. The van der Waals surface area contributed by atoms with Crippen molar-refractivity contribution in [2.24, 2.45) is 4.99 Å². The molecule has 4 rings (SSSR count). The summed E-state index contributed by atoms with van der Waals surface area (Å²) >= 11 is 0. The number of rotatable bonds is 4. The molecule has 2 aromatic carbocycles. The lowest BCUT2D eigenvalue weighted by Gasteiger charge is -2.39. The number of aliphatic imine (C=N–C) groups is 1. The van der Waals surface area contributed by atoms with Gasteiger partial charge < -0.3 is 14.9 Å². The Bertz CT molecular complexity index is 828. The molecule has 1 unspecified atom stereocenters. The Labute approximate surface area is 155 Å². The zero-order valence-corrected chi connectivity index (χ0v) is 15.2. The van der Waals surface area contributed by atoms with E-state index in [1.165, 1.54) is 11.3 Å². The van der Waals surface area contributed by atoms with Gasteiger partial charge in [-0.05, 0) is 30.9 Å². The van der Waals surface area contributed by atoms with E-state index in [0.29, 0.717) is 5.75 Å². The topological polar surface area (TPSA) is 39.1 Å². The van der Waals surface area contributed by atoms with Gasteiger partial charge in [-0.2, -0.15) is 0 Å². The van der Waals surface area contributed by atoms with Crippen LogP contribution in [0.2, 0.25) is 0 Å². The van der Waals surface area contributed by atoms with E-state index >= 15 is 0 Å². The van der Waals surface area contributed by atoms with Crippen LogP contribution in [0.5, 0.6) is 5.75 Å². The summed E-state index contributed by atoms with van der Waals surface area (Å²) in [6, 6.07) is 18.1. The first-order valence-corrected chi connectivity index (χ1v) is 9.30. The van der Waals surface area contributed by atoms with Crippen LogP contribution in [0.3, 0.4) is 0 Å². The Hall–Kier alpha value is -2.75. The molecular formula is C22H25N3O. The molecule has 0 aromatic heterocycles. The molecule has 2 aromatic rings. The van der Waals surface area contributed by atoms with Crippen LogP contribution in [0.4, 0.5) is 0 Å². The molecular weight excluding hydrogens is 322 g/mol. The van der Waals surface area contributed by atoms with Crippen molar-refractivity contribution in [3.63, 3.8) is 0 Å². The SMILES string of the molecule is CN1CCCC2=NC(c3ccccc3O)N(CCc3ccccc3)C=C21. The molecule has 0 amide bonds. The Morgan fingerprint density at radius 1 is 1.08 bits per heavy atom. The van der Waals surface area contributed by atoms with Gasteiger partial charge in [0.05, 0.1) is 11.4 Å². The average molecular weight is 347 g/mol. The summed E-state index contributed by atoms with van der Waals surface area (Å²) in [5, 5.41) is 10.4. The minimum atomic E-state index is -0.162. The molecule has 0 bridgehead atoms. The first-order chi connectivity index (χ1) is 12.7. The maximum atomic E-state index is 10.4. The number of aromatic hydroxyl groups is 1. The van der Waals surface area contributed by atoms with Crippen molar-refractivity contribution in [3.05, 3.63) is 77.6 Å². The van der Waals surface area contributed by atoms with Crippen molar-refractivity contribution in [1.82, 2.24) is 9.80 Å². The molecule has 0 spiro atoms. The van der Waals surface area contributed by atoms with Crippen LogP contribution in [-0.2, 0) is 6.42 Å². The van der Waals surface area contributed by atoms with E-state index in [1.807, 2.05) is 24.3 Å². The fourth-order valence-electron chi connectivity index (χ4n) is 3.75. The molecule has 2 aliphatic rings. The van der Waals surface area contributed by atoms with Crippen molar-refractivity contribution >= 4 is 5.71 Å². The second kappa shape index (κ2) is 7.24. The largest absolute Gasteiger partial charge is 0.508 e. The first-order valence-electron chi connectivity index (χ1n) is 9.30. The highest BCUT2D eigenvalue weighted by molar-refractivity contribution is 6.00. The van der Waals surface area contributed by atoms with E-state index in [-0.39, 0.29) is 6.17 Å². The Morgan fingerprint density at radius 2 is 1.85 bits per heavy atom. The molecule has 2 aliphatic heterocycles. The van der Waals surface area contributed by atoms with Gasteiger partial charge in [-0.3, -0.25) is 4.99 Å². The molecule has 1 fully saturated rings. The minimum Gasteiger partial charge on any atom is -0.508 e. The van der Waals surface area contributed by atoms with Gasteiger partial charge in [-0.25, -0.2) is 0 Å². The minimum absolute atomic E-state index is 0.162. The van der Waals surface area contributed by atoms with Gasteiger partial charge in [-0.1, -0.05) is 48.5 Å². The summed E-state index contributed by atoms with van der Waals surface area (Å²) in [4.78, 5) is 9.61. The Morgan fingerprint density at radius 3 is 2.65 bits per heavy atom. The van der Waals surface area contributed by atoms with Gasteiger partial charge >= 0.3 is 0 Å². The molecule has 1 N–H and O–H groups in total. The van der Waals surface area contributed by atoms with Crippen LogP contribution in [0, 0.1) is 0 Å². The smallest absolute Gasteiger partial charge is 0.150 e. The Balaban J connectivity index is 1.65. The number of hydrogen-bond donors (Lipinski definition) is 1. The second-order valence-electron chi connectivity index (χ2n) is 7.02. The van der Waals surface area contributed by atoms with E-state index in [2.05, 4.69) is 47.3 Å². The normalized spacial score (nSPS) is 19.7. The molecule has 2 heterocycles. The van der Waals surface area contributed by atoms with E-state index < -0.39 is 0 Å². The van der Waals surface area contributed by atoms with Gasteiger partial charge in [0.1, 0.15) is 5.75 Å². The average Bonchev–Trinajstić information content (AvgIpc) is 2.67. The fraction of sp³-hybridized carbons (Fsp3) is 0.318. The number of nitrogens with zero attached hydrogens (tertiary/aromatic N) is 3. The third-order valence-electron chi connectivity index (χ3n) is 5.21. The second-order valence-corrected chi connectivity index (χ2v) is 7.02. The van der Waals surface area contributed by atoms with Crippen molar-refractivity contribution in [3.8, 4) is 5.75 Å². The van der Waals surface area contributed by atoms with E-state index in [1.54, 1.807) is 6.07 Å². The van der Waals surface area contributed by atoms with Gasteiger partial charge in [0.15, 0.2) is 6.17 Å². The summed E-state index contributed by atoms with van der Waals surface area (Å²) in [6.45, 7) is 1.93.